The Morgan fingerprint density at radius 1 is 1.10 bits per heavy atom. The molecule has 0 radical (unpaired) electrons. The molecular formula is C16H20O4. The van der Waals surface area contributed by atoms with E-state index in [1.54, 1.807) is 6.92 Å². The standard InChI is InChI=1S/C16H20O4/c1-5-9-13(12-10-7-6-8-11-12)16(2,14(17)19-3)15(18)20-4/h5-11,13H,1-4H3/b9-5+/t13-/m0/s1. The molecule has 1 atom stereocenters. The Labute approximate surface area is 119 Å². The van der Waals surface area contributed by atoms with Gasteiger partial charge in [0.15, 0.2) is 5.41 Å². The molecule has 0 fully saturated rings. The predicted octanol–water partition coefficient (Wildman–Crippen LogP) is 2.70. The number of hydrogen-bond donors (Lipinski definition) is 0. The molecule has 0 saturated carbocycles. The van der Waals surface area contributed by atoms with Crippen molar-refractivity contribution in [3.63, 3.8) is 0 Å². The third kappa shape index (κ3) is 2.90. The first kappa shape index (κ1) is 16.0. The van der Waals surface area contributed by atoms with Crippen LogP contribution in [0.3, 0.4) is 0 Å². The molecule has 0 aliphatic carbocycles. The summed E-state index contributed by atoms with van der Waals surface area (Å²) < 4.78 is 9.63. The van der Waals surface area contributed by atoms with E-state index in [0.29, 0.717) is 0 Å². The first-order valence-electron chi connectivity index (χ1n) is 6.37. The van der Waals surface area contributed by atoms with Crippen LogP contribution in [-0.2, 0) is 19.1 Å². The normalized spacial score (nSPS) is 13.0. The summed E-state index contributed by atoms with van der Waals surface area (Å²) in [5, 5.41) is 0. The Balaban J connectivity index is 3.40. The molecular weight excluding hydrogens is 256 g/mol. The van der Waals surface area contributed by atoms with Crippen molar-refractivity contribution >= 4 is 11.9 Å². The van der Waals surface area contributed by atoms with Gasteiger partial charge >= 0.3 is 11.9 Å². The van der Waals surface area contributed by atoms with Crippen LogP contribution in [0.5, 0.6) is 0 Å². The quantitative estimate of drug-likeness (QED) is 0.471. The Bertz CT molecular complexity index is 474. The summed E-state index contributed by atoms with van der Waals surface area (Å²) in [5.74, 6) is -1.68. The number of hydrogen-bond acceptors (Lipinski definition) is 4. The molecule has 4 heteroatoms. The first-order chi connectivity index (χ1) is 9.52. The van der Waals surface area contributed by atoms with Crippen molar-refractivity contribution in [1.82, 2.24) is 0 Å². The Kier molecular flexibility index (Phi) is 5.50. The lowest BCUT2D eigenvalue weighted by Gasteiger charge is -2.31. The van der Waals surface area contributed by atoms with Crippen LogP contribution in [0.25, 0.3) is 0 Å². The van der Waals surface area contributed by atoms with E-state index in [0.717, 1.165) is 5.56 Å². The maximum absolute atomic E-state index is 12.2. The number of esters is 2. The number of carbonyl (C=O) groups excluding carboxylic acids is 2. The topological polar surface area (TPSA) is 52.6 Å². The molecule has 0 aromatic heterocycles. The largest absolute Gasteiger partial charge is 0.468 e. The third-order valence-corrected chi connectivity index (χ3v) is 3.38. The summed E-state index contributed by atoms with van der Waals surface area (Å²) in [4.78, 5) is 24.3. The van der Waals surface area contributed by atoms with Crippen LogP contribution in [0.4, 0.5) is 0 Å². The average Bonchev–Trinajstić information content (AvgIpc) is 2.50. The highest BCUT2D eigenvalue weighted by atomic mass is 16.5. The third-order valence-electron chi connectivity index (χ3n) is 3.38. The zero-order valence-electron chi connectivity index (χ0n) is 12.3. The molecule has 0 unspecified atom stereocenters. The molecule has 4 nitrogen and oxygen atoms in total. The van der Waals surface area contributed by atoms with E-state index in [-0.39, 0.29) is 0 Å². The summed E-state index contributed by atoms with van der Waals surface area (Å²) in [6.07, 6.45) is 3.62. The molecule has 0 aliphatic rings. The number of methoxy groups -OCH3 is 2. The van der Waals surface area contributed by atoms with Gasteiger partial charge in [0.2, 0.25) is 0 Å². The molecule has 1 aromatic rings. The molecule has 0 heterocycles. The van der Waals surface area contributed by atoms with Gasteiger partial charge in [0.25, 0.3) is 0 Å². The Hall–Kier alpha value is -2.10. The second-order valence-corrected chi connectivity index (χ2v) is 4.60. The highest BCUT2D eigenvalue weighted by Gasteiger charge is 2.50. The molecule has 1 rings (SSSR count). The molecule has 20 heavy (non-hydrogen) atoms. The van der Waals surface area contributed by atoms with Crippen LogP contribution in [0.1, 0.15) is 25.3 Å². The molecule has 0 saturated heterocycles. The lowest BCUT2D eigenvalue weighted by molar-refractivity contribution is -0.168. The highest BCUT2D eigenvalue weighted by Crippen LogP contribution is 2.39. The van der Waals surface area contributed by atoms with Gasteiger partial charge in [-0.1, -0.05) is 42.5 Å². The van der Waals surface area contributed by atoms with Crippen LogP contribution >= 0.6 is 0 Å². The van der Waals surface area contributed by atoms with Gasteiger partial charge in [0, 0.05) is 5.92 Å². The molecule has 0 aliphatic heterocycles. The number of allylic oxidation sites excluding steroid dienone is 2. The maximum atomic E-state index is 12.2. The van der Waals surface area contributed by atoms with Crippen molar-refractivity contribution in [2.24, 2.45) is 5.41 Å². The molecule has 0 spiro atoms. The SMILES string of the molecule is C/C=C/[C@@H](c1ccccc1)C(C)(C(=O)OC)C(=O)OC. The van der Waals surface area contributed by atoms with E-state index < -0.39 is 23.3 Å². The summed E-state index contributed by atoms with van der Waals surface area (Å²) in [5.41, 5.74) is -0.568. The van der Waals surface area contributed by atoms with E-state index >= 15 is 0 Å². The number of benzene rings is 1. The van der Waals surface area contributed by atoms with Crippen LogP contribution in [0.15, 0.2) is 42.5 Å². The summed E-state index contributed by atoms with van der Waals surface area (Å²) in [6, 6.07) is 9.34. The zero-order valence-corrected chi connectivity index (χ0v) is 12.3. The lowest BCUT2D eigenvalue weighted by atomic mass is 9.73. The van der Waals surface area contributed by atoms with E-state index in [1.807, 2.05) is 49.4 Å². The fraction of sp³-hybridized carbons (Fsp3) is 0.375. The van der Waals surface area contributed by atoms with Crippen LogP contribution < -0.4 is 0 Å². The zero-order chi connectivity index (χ0) is 15.2. The van der Waals surface area contributed by atoms with E-state index in [1.165, 1.54) is 14.2 Å². The van der Waals surface area contributed by atoms with Crippen molar-refractivity contribution in [2.45, 2.75) is 19.8 Å². The lowest BCUT2D eigenvalue weighted by Crippen LogP contribution is -2.43. The van der Waals surface area contributed by atoms with Crippen molar-refractivity contribution < 1.29 is 19.1 Å². The van der Waals surface area contributed by atoms with Gasteiger partial charge in [0.1, 0.15) is 0 Å². The van der Waals surface area contributed by atoms with Crippen molar-refractivity contribution in [3.05, 3.63) is 48.0 Å². The number of rotatable bonds is 5. The van der Waals surface area contributed by atoms with Gasteiger partial charge in [-0.3, -0.25) is 9.59 Å². The minimum Gasteiger partial charge on any atom is -0.468 e. The smallest absolute Gasteiger partial charge is 0.323 e. The molecule has 0 bridgehead atoms. The maximum Gasteiger partial charge on any atom is 0.323 e. The van der Waals surface area contributed by atoms with E-state index in [4.69, 9.17) is 9.47 Å². The van der Waals surface area contributed by atoms with Gasteiger partial charge in [0.05, 0.1) is 14.2 Å². The van der Waals surface area contributed by atoms with E-state index in [9.17, 15) is 9.59 Å². The van der Waals surface area contributed by atoms with Crippen LogP contribution in [0.2, 0.25) is 0 Å². The molecule has 0 amide bonds. The Morgan fingerprint density at radius 3 is 2.00 bits per heavy atom. The monoisotopic (exact) mass is 276 g/mol. The minimum absolute atomic E-state index is 0.450. The fourth-order valence-electron chi connectivity index (χ4n) is 2.25. The van der Waals surface area contributed by atoms with Gasteiger partial charge in [-0.2, -0.15) is 0 Å². The molecule has 108 valence electrons. The molecule has 0 N–H and O–H groups in total. The predicted molar refractivity (Wildman–Crippen MR) is 76.1 cm³/mol. The van der Waals surface area contributed by atoms with Crippen molar-refractivity contribution in [1.29, 1.82) is 0 Å². The van der Waals surface area contributed by atoms with Crippen molar-refractivity contribution in [2.75, 3.05) is 14.2 Å². The Morgan fingerprint density at radius 2 is 1.60 bits per heavy atom. The van der Waals surface area contributed by atoms with Crippen molar-refractivity contribution in [3.8, 4) is 0 Å². The summed E-state index contributed by atoms with van der Waals surface area (Å²) in [7, 11) is 2.53. The second-order valence-electron chi connectivity index (χ2n) is 4.60. The first-order valence-corrected chi connectivity index (χ1v) is 6.37. The average molecular weight is 276 g/mol. The fourth-order valence-corrected chi connectivity index (χ4v) is 2.25. The second kappa shape index (κ2) is 6.89. The van der Waals surface area contributed by atoms with Gasteiger partial charge in [-0.05, 0) is 19.4 Å². The molecule has 1 aromatic carbocycles. The van der Waals surface area contributed by atoms with E-state index in [2.05, 4.69) is 0 Å². The summed E-state index contributed by atoms with van der Waals surface area (Å²) >= 11 is 0. The van der Waals surface area contributed by atoms with Gasteiger partial charge in [-0.15, -0.1) is 0 Å². The highest BCUT2D eigenvalue weighted by molar-refractivity contribution is 6.01. The van der Waals surface area contributed by atoms with Gasteiger partial charge < -0.3 is 9.47 Å². The summed E-state index contributed by atoms with van der Waals surface area (Å²) in [6.45, 7) is 3.38. The van der Waals surface area contributed by atoms with Crippen LogP contribution in [0, 0.1) is 5.41 Å². The van der Waals surface area contributed by atoms with Crippen LogP contribution in [-0.4, -0.2) is 26.2 Å². The van der Waals surface area contributed by atoms with Gasteiger partial charge in [-0.25, -0.2) is 0 Å². The number of ether oxygens (including phenoxy) is 2. The minimum atomic E-state index is -1.42. The number of carbonyl (C=O) groups is 2.